The first-order valence-corrected chi connectivity index (χ1v) is 6.37. The summed E-state index contributed by atoms with van der Waals surface area (Å²) in [6.45, 7) is 4.01. The number of rotatable bonds is 7. The van der Waals surface area contributed by atoms with Gasteiger partial charge >= 0.3 is 0 Å². The van der Waals surface area contributed by atoms with Gasteiger partial charge in [-0.15, -0.1) is 0 Å². The van der Waals surface area contributed by atoms with Crippen LogP contribution in [0.25, 0.3) is 0 Å². The highest BCUT2D eigenvalue weighted by atomic mass is 16.1. The van der Waals surface area contributed by atoms with Crippen LogP contribution in [0, 0.1) is 0 Å². The number of nitrogens with zero attached hydrogens (tertiary/aromatic N) is 3. The zero-order valence-electron chi connectivity index (χ0n) is 11.0. The molecular weight excluding hydrogens is 242 g/mol. The van der Waals surface area contributed by atoms with Gasteiger partial charge in [-0.1, -0.05) is 6.92 Å². The molecular formula is C13H19N5O. The maximum absolute atomic E-state index is 10.8. The van der Waals surface area contributed by atoms with Crippen LogP contribution < -0.4 is 11.1 Å². The zero-order valence-corrected chi connectivity index (χ0v) is 11.0. The molecule has 3 N–H and O–H groups in total. The molecule has 0 radical (unpaired) electrons. The second-order valence-corrected chi connectivity index (χ2v) is 4.44. The first-order chi connectivity index (χ1) is 9.19. The monoisotopic (exact) mass is 261 g/mol. The van der Waals surface area contributed by atoms with Gasteiger partial charge in [-0.3, -0.25) is 9.48 Å². The van der Waals surface area contributed by atoms with Crippen LogP contribution in [0.3, 0.4) is 0 Å². The lowest BCUT2D eigenvalue weighted by Crippen LogP contribution is -2.18. The van der Waals surface area contributed by atoms with Gasteiger partial charge in [-0.05, 0) is 18.6 Å². The Labute approximate surface area is 112 Å². The van der Waals surface area contributed by atoms with Gasteiger partial charge in [0.1, 0.15) is 6.54 Å². The van der Waals surface area contributed by atoms with Gasteiger partial charge in [0.05, 0.1) is 18.4 Å². The molecule has 0 saturated carbocycles. The maximum Gasteiger partial charge on any atom is 0.239 e. The second-order valence-electron chi connectivity index (χ2n) is 4.44. The largest absolute Gasteiger partial charge is 0.377 e. The van der Waals surface area contributed by atoms with E-state index in [1.54, 1.807) is 12.4 Å². The molecule has 19 heavy (non-hydrogen) atoms. The van der Waals surface area contributed by atoms with Crippen molar-refractivity contribution in [3.63, 3.8) is 0 Å². The Morgan fingerprint density at radius 1 is 1.53 bits per heavy atom. The molecule has 0 fully saturated rings. The highest BCUT2D eigenvalue weighted by molar-refractivity contribution is 5.73. The summed E-state index contributed by atoms with van der Waals surface area (Å²) in [7, 11) is 0. The number of carbonyl (C=O) groups excluding carboxylic acids is 1. The molecule has 2 aromatic rings. The highest BCUT2D eigenvalue weighted by Gasteiger charge is 2.03. The summed E-state index contributed by atoms with van der Waals surface area (Å²) in [4.78, 5) is 10.8. The van der Waals surface area contributed by atoms with Crippen molar-refractivity contribution in [2.45, 2.75) is 33.0 Å². The fourth-order valence-corrected chi connectivity index (χ4v) is 1.96. The molecule has 2 heterocycles. The molecule has 0 atom stereocenters. The van der Waals surface area contributed by atoms with Crippen LogP contribution in [0.4, 0.5) is 5.69 Å². The van der Waals surface area contributed by atoms with Crippen LogP contribution in [-0.2, 0) is 24.4 Å². The van der Waals surface area contributed by atoms with Gasteiger partial charge in [0.25, 0.3) is 0 Å². The fourth-order valence-electron chi connectivity index (χ4n) is 1.96. The molecule has 0 saturated heterocycles. The van der Waals surface area contributed by atoms with Crippen LogP contribution >= 0.6 is 0 Å². The number of nitrogens with two attached hydrogens (primary N) is 1. The number of carbonyl (C=O) groups is 1. The lowest BCUT2D eigenvalue weighted by Gasteiger charge is -2.08. The van der Waals surface area contributed by atoms with E-state index in [0.717, 1.165) is 25.2 Å². The van der Waals surface area contributed by atoms with E-state index in [1.807, 2.05) is 6.07 Å². The number of aromatic nitrogens is 3. The summed E-state index contributed by atoms with van der Waals surface area (Å²) < 4.78 is 3.75. The van der Waals surface area contributed by atoms with Crippen molar-refractivity contribution in [2.75, 3.05) is 5.32 Å². The van der Waals surface area contributed by atoms with Crippen molar-refractivity contribution in [1.82, 2.24) is 14.3 Å². The molecule has 0 aliphatic carbocycles. The first kappa shape index (κ1) is 13.2. The van der Waals surface area contributed by atoms with Crippen molar-refractivity contribution in [2.24, 2.45) is 5.73 Å². The van der Waals surface area contributed by atoms with Gasteiger partial charge in [-0.25, -0.2) is 0 Å². The summed E-state index contributed by atoms with van der Waals surface area (Å²) in [6.07, 6.45) is 6.66. The average Bonchev–Trinajstić information content (AvgIpc) is 2.96. The summed E-state index contributed by atoms with van der Waals surface area (Å²) in [5.74, 6) is -0.397. The molecule has 2 aromatic heterocycles. The molecule has 1 amide bonds. The molecule has 6 nitrogen and oxygen atoms in total. The van der Waals surface area contributed by atoms with Crippen LogP contribution in [0.5, 0.6) is 0 Å². The minimum Gasteiger partial charge on any atom is -0.377 e. The Morgan fingerprint density at radius 3 is 3.11 bits per heavy atom. The van der Waals surface area contributed by atoms with Crippen molar-refractivity contribution in [3.8, 4) is 0 Å². The molecule has 6 heteroatoms. The smallest absolute Gasteiger partial charge is 0.239 e. The predicted molar refractivity (Wildman–Crippen MR) is 73.5 cm³/mol. The number of hydrogen-bond acceptors (Lipinski definition) is 3. The summed E-state index contributed by atoms with van der Waals surface area (Å²) in [5.41, 5.74) is 7.22. The van der Waals surface area contributed by atoms with E-state index in [-0.39, 0.29) is 6.54 Å². The third-order valence-corrected chi connectivity index (χ3v) is 2.81. The molecule has 0 aliphatic heterocycles. The minimum absolute atomic E-state index is 0.105. The Bertz CT molecular complexity index is 543. The van der Waals surface area contributed by atoms with Crippen LogP contribution in [-0.4, -0.2) is 20.3 Å². The summed E-state index contributed by atoms with van der Waals surface area (Å²) >= 11 is 0. The maximum atomic E-state index is 10.8. The van der Waals surface area contributed by atoms with Gasteiger partial charge < -0.3 is 15.6 Å². The lowest BCUT2D eigenvalue weighted by molar-refractivity contribution is -0.118. The third kappa shape index (κ3) is 3.61. The Balaban J connectivity index is 1.92. The van der Waals surface area contributed by atoms with Crippen molar-refractivity contribution in [3.05, 3.63) is 36.4 Å². The Morgan fingerprint density at radius 2 is 2.37 bits per heavy atom. The number of anilines is 1. The predicted octanol–water partition coefficient (Wildman–Crippen LogP) is 1.19. The standard InChI is InChI=1S/C13H19N5O/c1-2-5-17-6-3-4-12(17)8-15-11-7-16-18(9-11)10-13(14)19/h3-4,6-7,9,15H,2,5,8,10H2,1H3,(H2,14,19). The van der Waals surface area contributed by atoms with Gasteiger partial charge in [0, 0.05) is 24.6 Å². The van der Waals surface area contributed by atoms with E-state index in [2.05, 4.69) is 34.2 Å². The second kappa shape index (κ2) is 6.08. The van der Waals surface area contributed by atoms with Gasteiger partial charge in [-0.2, -0.15) is 5.10 Å². The van der Waals surface area contributed by atoms with E-state index in [4.69, 9.17) is 5.73 Å². The van der Waals surface area contributed by atoms with Crippen molar-refractivity contribution in [1.29, 1.82) is 0 Å². The van der Waals surface area contributed by atoms with E-state index >= 15 is 0 Å². The summed E-state index contributed by atoms with van der Waals surface area (Å²) in [5, 5.41) is 7.34. The quantitative estimate of drug-likeness (QED) is 0.786. The molecule has 0 unspecified atom stereocenters. The molecule has 0 aliphatic rings. The van der Waals surface area contributed by atoms with Crippen molar-refractivity contribution < 1.29 is 4.79 Å². The highest BCUT2D eigenvalue weighted by Crippen LogP contribution is 2.09. The number of hydrogen-bond donors (Lipinski definition) is 2. The molecule has 102 valence electrons. The van der Waals surface area contributed by atoms with E-state index in [1.165, 1.54) is 10.4 Å². The average molecular weight is 261 g/mol. The normalized spacial score (nSPS) is 10.6. The van der Waals surface area contributed by atoms with Crippen molar-refractivity contribution >= 4 is 11.6 Å². The first-order valence-electron chi connectivity index (χ1n) is 6.37. The van der Waals surface area contributed by atoms with Crippen LogP contribution in [0.1, 0.15) is 19.0 Å². The Kier molecular flexibility index (Phi) is 4.22. The van der Waals surface area contributed by atoms with Crippen LogP contribution in [0.2, 0.25) is 0 Å². The SMILES string of the molecule is CCCn1cccc1CNc1cnn(CC(N)=O)c1. The molecule has 0 aromatic carbocycles. The number of aryl methyl sites for hydroxylation is 1. The lowest BCUT2D eigenvalue weighted by atomic mass is 10.4. The number of amides is 1. The number of nitrogens with one attached hydrogen (secondary N) is 1. The van der Waals surface area contributed by atoms with E-state index in [0.29, 0.717) is 0 Å². The molecule has 2 rings (SSSR count). The third-order valence-electron chi connectivity index (χ3n) is 2.81. The minimum atomic E-state index is -0.397. The van der Waals surface area contributed by atoms with Gasteiger partial charge in [0.15, 0.2) is 0 Å². The van der Waals surface area contributed by atoms with Crippen LogP contribution in [0.15, 0.2) is 30.7 Å². The topological polar surface area (TPSA) is 77.9 Å². The number of primary amides is 1. The fraction of sp³-hybridized carbons (Fsp3) is 0.385. The van der Waals surface area contributed by atoms with Gasteiger partial charge in [0.2, 0.25) is 5.91 Å². The molecule has 0 spiro atoms. The van der Waals surface area contributed by atoms with E-state index < -0.39 is 5.91 Å². The van der Waals surface area contributed by atoms with E-state index in [9.17, 15) is 4.79 Å². The summed E-state index contributed by atoms with van der Waals surface area (Å²) in [6, 6.07) is 4.14. The zero-order chi connectivity index (χ0) is 13.7. The Hall–Kier alpha value is -2.24. The molecule has 0 bridgehead atoms.